The first kappa shape index (κ1) is 24.5. The Hall–Kier alpha value is -2.61. The zero-order valence-corrected chi connectivity index (χ0v) is 21.3. The Labute approximate surface area is 206 Å². The molecule has 2 atom stereocenters. The van der Waals surface area contributed by atoms with Crippen LogP contribution in [0.3, 0.4) is 0 Å². The fourth-order valence-corrected chi connectivity index (χ4v) is 4.88. The summed E-state index contributed by atoms with van der Waals surface area (Å²) < 4.78 is 5.67. The van der Waals surface area contributed by atoms with Crippen molar-refractivity contribution in [1.29, 1.82) is 0 Å². The van der Waals surface area contributed by atoms with Gasteiger partial charge in [0.2, 0.25) is 5.95 Å². The van der Waals surface area contributed by atoms with Gasteiger partial charge in [-0.3, -0.25) is 4.90 Å². The number of hydrogen-bond acceptors (Lipinski definition) is 7. The van der Waals surface area contributed by atoms with Crippen LogP contribution in [0.4, 0.5) is 22.2 Å². The molecule has 1 saturated heterocycles. The summed E-state index contributed by atoms with van der Waals surface area (Å²) in [7, 11) is 0. The van der Waals surface area contributed by atoms with Crippen LogP contribution >= 0.6 is 11.6 Å². The first-order chi connectivity index (χ1) is 16.1. The number of rotatable bonds is 6. The molecule has 2 N–H and O–H groups in total. The molecule has 2 aromatic rings. The molecule has 1 amide bonds. The Morgan fingerprint density at radius 2 is 1.88 bits per heavy atom. The Morgan fingerprint density at radius 1 is 1.21 bits per heavy atom. The molecule has 2 aromatic heterocycles. The molecule has 0 radical (unpaired) electrons. The molecule has 0 spiro atoms. The normalized spacial score (nSPS) is 20.8. The Balaban J connectivity index is 1.32. The summed E-state index contributed by atoms with van der Waals surface area (Å²) in [5, 5.41) is 0.559. The molecule has 0 unspecified atom stereocenters. The van der Waals surface area contributed by atoms with Gasteiger partial charge in [-0.25, -0.2) is 19.7 Å². The summed E-state index contributed by atoms with van der Waals surface area (Å²) in [6.45, 7) is 10.1. The molecule has 34 heavy (non-hydrogen) atoms. The lowest BCUT2D eigenvalue weighted by Crippen LogP contribution is -2.38. The first-order valence-corrected chi connectivity index (χ1v) is 12.4. The SMILES string of the molecule is Cc1cc(N(CC[C@@H]2C[C@@H]2C2CCN(c3ncc(Cl)cn3)CC2)C(=O)OC(C)(C)C)ncc1N. The maximum absolute atomic E-state index is 13.0. The van der Waals surface area contributed by atoms with Crippen molar-refractivity contribution in [2.45, 2.75) is 59.0 Å². The lowest BCUT2D eigenvalue weighted by atomic mass is 9.90. The molecule has 3 heterocycles. The second kappa shape index (κ2) is 9.94. The van der Waals surface area contributed by atoms with Crippen LogP contribution in [0.5, 0.6) is 0 Å². The first-order valence-electron chi connectivity index (χ1n) is 12.1. The molecule has 4 rings (SSSR count). The quantitative estimate of drug-likeness (QED) is 0.606. The highest BCUT2D eigenvalue weighted by Crippen LogP contribution is 2.50. The maximum Gasteiger partial charge on any atom is 0.416 e. The Bertz CT molecular complexity index is 1000. The third kappa shape index (κ3) is 6.09. The van der Waals surface area contributed by atoms with Gasteiger partial charge in [-0.1, -0.05) is 11.6 Å². The molecule has 2 aliphatic rings. The van der Waals surface area contributed by atoms with Gasteiger partial charge < -0.3 is 15.4 Å². The minimum atomic E-state index is -0.567. The lowest BCUT2D eigenvalue weighted by molar-refractivity contribution is 0.0578. The molecule has 9 heteroatoms. The molecule has 1 aliphatic heterocycles. The predicted molar refractivity (Wildman–Crippen MR) is 135 cm³/mol. The third-order valence-electron chi connectivity index (χ3n) is 6.76. The number of aromatic nitrogens is 3. The number of halogens is 1. The maximum atomic E-state index is 13.0. The van der Waals surface area contributed by atoms with Crippen LogP contribution in [0.2, 0.25) is 5.02 Å². The zero-order valence-electron chi connectivity index (χ0n) is 20.5. The van der Waals surface area contributed by atoms with Crippen molar-refractivity contribution in [2.24, 2.45) is 17.8 Å². The number of anilines is 3. The monoisotopic (exact) mass is 486 g/mol. The van der Waals surface area contributed by atoms with Crippen LogP contribution in [0.25, 0.3) is 0 Å². The number of nitrogens with zero attached hydrogens (tertiary/aromatic N) is 5. The van der Waals surface area contributed by atoms with Crippen molar-refractivity contribution < 1.29 is 9.53 Å². The number of hydrogen-bond donors (Lipinski definition) is 1. The number of piperidine rings is 1. The van der Waals surface area contributed by atoms with E-state index in [9.17, 15) is 4.79 Å². The molecular weight excluding hydrogens is 452 g/mol. The van der Waals surface area contributed by atoms with Gasteiger partial charge in [0.1, 0.15) is 11.4 Å². The van der Waals surface area contributed by atoms with Crippen LogP contribution in [-0.2, 0) is 4.74 Å². The van der Waals surface area contributed by atoms with Gasteiger partial charge >= 0.3 is 6.09 Å². The Kier molecular flexibility index (Phi) is 7.17. The van der Waals surface area contributed by atoms with Gasteiger partial charge in [-0.05, 0) is 82.8 Å². The largest absolute Gasteiger partial charge is 0.443 e. The van der Waals surface area contributed by atoms with Crippen LogP contribution < -0.4 is 15.5 Å². The van der Waals surface area contributed by atoms with Crippen LogP contribution in [0, 0.1) is 24.7 Å². The summed E-state index contributed by atoms with van der Waals surface area (Å²) in [5.41, 5.74) is 6.89. The minimum absolute atomic E-state index is 0.363. The van der Waals surface area contributed by atoms with E-state index < -0.39 is 5.60 Å². The highest BCUT2D eigenvalue weighted by molar-refractivity contribution is 6.30. The molecule has 1 saturated carbocycles. The van der Waals surface area contributed by atoms with E-state index in [0.29, 0.717) is 34.9 Å². The number of nitrogens with two attached hydrogens (primary N) is 1. The van der Waals surface area contributed by atoms with Crippen molar-refractivity contribution in [3.63, 3.8) is 0 Å². The summed E-state index contributed by atoms with van der Waals surface area (Å²) in [6.07, 6.45) is 9.00. The van der Waals surface area contributed by atoms with E-state index >= 15 is 0 Å². The van der Waals surface area contributed by atoms with Crippen molar-refractivity contribution >= 4 is 35.1 Å². The molecule has 0 aromatic carbocycles. The standard InChI is InChI=1S/C25H35ClN6O2/c1-16-11-22(28-15-21(16)27)32(24(33)34-25(2,3)4)10-7-18-12-20(18)17-5-8-31(9-6-17)23-29-13-19(26)14-30-23/h11,13-15,17-18,20H,5-10,12,27H2,1-4H3/t18-,20-/m1/s1. The van der Waals surface area contributed by atoms with Crippen molar-refractivity contribution in [2.75, 3.05) is 35.2 Å². The minimum Gasteiger partial charge on any atom is -0.443 e. The van der Waals surface area contributed by atoms with Gasteiger partial charge in [-0.15, -0.1) is 0 Å². The highest BCUT2D eigenvalue weighted by Gasteiger charge is 2.43. The van der Waals surface area contributed by atoms with E-state index in [4.69, 9.17) is 22.1 Å². The van der Waals surface area contributed by atoms with Gasteiger partial charge in [0.15, 0.2) is 0 Å². The van der Waals surface area contributed by atoms with Crippen LogP contribution in [-0.4, -0.2) is 46.3 Å². The van der Waals surface area contributed by atoms with Gasteiger partial charge in [0.05, 0.1) is 29.3 Å². The van der Waals surface area contributed by atoms with Crippen LogP contribution in [0.15, 0.2) is 24.7 Å². The molecule has 2 fully saturated rings. The van der Waals surface area contributed by atoms with Crippen molar-refractivity contribution in [1.82, 2.24) is 15.0 Å². The van der Waals surface area contributed by atoms with E-state index in [2.05, 4.69) is 19.9 Å². The number of carbonyl (C=O) groups excluding carboxylic acids is 1. The summed E-state index contributed by atoms with van der Waals surface area (Å²) in [4.78, 5) is 30.0. The fourth-order valence-electron chi connectivity index (χ4n) is 4.79. The summed E-state index contributed by atoms with van der Waals surface area (Å²) in [6, 6.07) is 1.86. The molecular formula is C25H35ClN6O2. The van der Waals surface area contributed by atoms with E-state index in [1.54, 1.807) is 23.5 Å². The Morgan fingerprint density at radius 3 is 2.50 bits per heavy atom. The zero-order chi connectivity index (χ0) is 24.5. The number of nitrogen functional groups attached to an aromatic ring is 1. The van der Waals surface area contributed by atoms with Gasteiger partial charge in [0, 0.05) is 19.6 Å². The van der Waals surface area contributed by atoms with Crippen molar-refractivity contribution in [3.8, 4) is 0 Å². The fraction of sp³-hybridized carbons (Fsp3) is 0.600. The molecule has 0 bridgehead atoms. The van der Waals surface area contributed by atoms with Gasteiger partial charge in [0.25, 0.3) is 0 Å². The average molecular weight is 487 g/mol. The summed E-state index contributed by atoms with van der Waals surface area (Å²) >= 11 is 5.91. The van der Waals surface area contributed by atoms with E-state index in [1.165, 1.54) is 6.42 Å². The number of amides is 1. The highest BCUT2D eigenvalue weighted by atomic mass is 35.5. The lowest BCUT2D eigenvalue weighted by Gasteiger charge is -2.32. The average Bonchev–Trinajstić information content (AvgIpc) is 3.55. The number of ether oxygens (including phenoxy) is 1. The molecule has 8 nitrogen and oxygen atoms in total. The van der Waals surface area contributed by atoms with Crippen molar-refractivity contribution in [3.05, 3.63) is 35.2 Å². The van der Waals surface area contributed by atoms with Gasteiger partial charge in [-0.2, -0.15) is 0 Å². The second-order valence-corrected chi connectivity index (χ2v) is 10.9. The number of carbonyl (C=O) groups is 1. The molecule has 1 aliphatic carbocycles. The second-order valence-electron chi connectivity index (χ2n) is 10.5. The number of pyridine rings is 1. The van der Waals surface area contributed by atoms with E-state index in [0.717, 1.165) is 49.8 Å². The predicted octanol–water partition coefficient (Wildman–Crippen LogP) is 5.10. The number of aryl methyl sites for hydroxylation is 1. The topological polar surface area (TPSA) is 97.5 Å². The van der Waals surface area contributed by atoms with E-state index in [-0.39, 0.29) is 6.09 Å². The summed E-state index contributed by atoms with van der Waals surface area (Å²) in [5.74, 6) is 3.40. The smallest absolute Gasteiger partial charge is 0.416 e. The third-order valence-corrected chi connectivity index (χ3v) is 6.96. The van der Waals surface area contributed by atoms with Crippen LogP contribution in [0.1, 0.15) is 52.0 Å². The molecule has 184 valence electrons. The van der Waals surface area contributed by atoms with E-state index in [1.807, 2.05) is 33.8 Å².